The minimum Gasteiger partial charge on any atom is -0.470 e. The van der Waals surface area contributed by atoms with Crippen LogP contribution in [0, 0.1) is 0 Å². The lowest BCUT2D eigenvalue weighted by molar-refractivity contribution is 0.378. The van der Waals surface area contributed by atoms with Gasteiger partial charge in [-0.2, -0.15) is 0 Å². The van der Waals surface area contributed by atoms with Gasteiger partial charge in [0.2, 0.25) is 0 Å². The third-order valence-corrected chi connectivity index (χ3v) is 0.851. The Hall–Kier alpha value is -0.570. The van der Waals surface area contributed by atoms with Crippen LogP contribution in [0.25, 0.3) is 0 Å². The Kier molecular flexibility index (Phi) is 1.26. The lowest BCUT2D eigenvalue weighted by atomic mass is 10.8. The van der Waals surface area contributed by atoms with Crippen molar-refractivity contribution in [2.75, 3.05) is 0 Å². The molecule has 0 atom stereocenters. The van der Waals surface area contributed by atoms with Crippen molar-refractivity contribution in [1.29, 1.82) is 0 Å². The summed E-state index contributed by atoms with van der Waals surface area (Å²) in [7, 11) is 0. The highest BCUT2D eigenvalue weighted by atomic mass is 32.1. The Bertz CT molecular complexity index is 98.3. The number of hydrogen-bond acceptors (Lipinski definition) is 3. The highest BCUT2D eigenvalue weighted by Crippen LogP contribution is 2.00. The first-order valence-corrected chi connectivity index (χ1v) is 2.25. The van der Waals surface area contributed by atoms with Crippen molar-refractivity contribution in [1.82, 2.24) is 4.31 Å². The summed E-state index contributed by atoms with van der Waals surface area (Å²) in [6.45, 7) is 0. The van der Waals surface area contributed by atoms with E-state index >= 15 is 0 Å². The molecule has 0 amide bonds. The van der Waals surface area contributed by atoms with Crippen LogP contribution in [-0.4, -0.2) is 4.31 Å². The van der Waals surface area contributed by atoms with Crippen LogP contribution < -0.4 is 0 Å². The molecule has 0 aromatic carbocycles. The second kappa shape index (κ2) is 1.93. The third kappa shape index (κ3) is 1.16. The normalized spacial score (nSPS) is 17.0. The molecule has 1 aliphatic heterocycles. The van der Waals surface area contributed by atoms with Crippen molar-refractivity contribution in [3.8, 4) is 0 Å². The molecule has 0 N–H and O–H groups in total. The Morgan fingerprint density at radius 3 is 2.14 bits per heavy atom. The summed E-state index contributed by atoms with van der Waals surface area (Å²) in [6, 6.07) is 0. The van der Waals surface area contributed by atoms with Gasteiger partial charge in [-0.15, -0.1) is 0 Å². The SMILES string of the molecule is SN1C=COC=C1. The number of hydrogen-bond donors (Lipinski definition) is 1. The van der Waals surface area contributed by atoms with Crippen LogP contribution in [0.3, 0.4) is 0 Å². The van der Waals surface area contributed by atoms with E-state index in [4.69, 9.17) is 0 Å². The topological polar surface area (TPSA) is 12.5 Å². The lowest BCUT2D eigenvalue weighted by Crippen LogP contribution is -1.94. The summed E-state index contributed by atoms with van der Waals surface area (Å²) < 4.78 is 6.29. The molecule has 3 heteroatoms. The Morgan fingerprint density at radius 1 is 1.29 bits per heavy atom. The minimum absolute atomic E-state index is 1.55. The van der Waals surface area contributed by atoms with Gasteiger partial charge in [0.1, 0.15) is 12.5 Å². The molecule has 2 nitrogen and oxygen atoms in total. The molecule has 0 saturated carbocycles. The smallest absolute Gasteiger partial charge is 0.107 e. The van der Waals surface area contributed by atoms with Gasteiger partial charge in [-0.3, -0.25) is 4.31 Å². The minimum atomic E-state index is 1.55. The molecule has 0 aromatic rings. The summed E-state index contributed by atoms with van der Waals surface area (Å²) >= 11 is 3.94. The second-order valence-corrected chi connectivity index (χ2v) is 1.55. The molecule has 0 bridgehead atoms. The predicted octanol–water partition coefficient (Wildman–Crippen LogP) is 1.11. The van der Waals surface area contributed by atoms with E-state index in [9.17, 15) is 0 Å². The Balaban J connectivity index is 2.49. The van der Waals surface area contributed by atoms with E-state index < -0.39 is 0 Å². The molecule has 0 radical (unpaired) electrons. The molecule has 38 valence electrons. The van der Waals surface area contributed by atoms with Crippen molar-refractivity contribution < 1.29 is 4.74 Å². The molecule has 1 aliphatic rings. The van der Waals surface area contributed by atoms with Crippen LogP contribution in [-0.2, 0) is 4.74 Å². The number of nitrogens with zero attached hydrogens (tertiary/aromatic N) is 1. The molecule has 0 unspecified atom stereocenters. The summed E-state index contributed by atoms with van der Waals surface area (Å²) in [5, 5.41) is 0. The predicted molar refractivity (Wildman–Crippen MR) is 30.2 cm³/mol. The summed E-state index contributed by atoms with van der Waals surface area (Å²) in [5.41, 5.74) is 0. The average molecular weight is 115 g/mol. The molecular weight excluding hydrogens is 110 g/mol. The maximum atomic E-state index is 4.69. The van der Waals surface area contributed by atoms with Crippen LogP contribution >= 0.6 is 12.8 Å². The fraction of sp³-hybridized carbons (Fsp3) is 0. The maximum Gasteiger partial charge on any atom is 0.107 e. The van der Waals surface area contributed by atoms with Gasteiger partial charge in [-0.25, -0.2) is 0 Å². The fourth-order valence-corrected chi connectivity index (χ4v) is 0.399. The van der Waals surface area contributed by atoms with Gasteiger partial charge in [-0.05, 0) is 0 Å². The lowest BCUT2D eigenvalue weighted by Gasteiger charge is -2.06. The number of thiol groups is 1. The molecule has 0 fully saturated rings. The van der Waals surface area contributed by atoms with E-state index in [1.807, 2.05) is 0 Å². The molecular formula is C4H5NOS. The quantitative estimate of drug-likeness (QED) is 0.475. The van der Waals surface area contributed by atoms with E-state index in [1.165, 1.54) is 0 Å². The van der Waals surface area contributed by atoms with Gasteiger partial charge in [0, 0.05) is 0 Å². The first kappa shape index (κ1) is 4.59. The number of ether oxygens (including phenoxy) is 1. The standard InChI is InChI=1S/C4H5NOS/c7-5-1-3-6-4-2-5/h1-4,7H. The first-order chi connectivity index (χ1) is 3.39. The zero-order valence-corrected chi connectivity index (χ0v) is 4.51. The number of rotatable bonds is 0. The molecule has 0 spiro atoms. The van der Waals surface area contributed by atoms with Crippen molar-refractivity contribution in [3.63, 3.8) is 0 Å². The highest BCUT2D eigenvalue weighted by Gasteiger charge is 1.85. The summed E-state index contributed by atoms with van der Waals surface area (Å²) in [5.74, 6) is 0. The summed E-state index contributed by atoms with van der Waals surface area (Å²) in [4.78, 5) is 0. The molecule has 0 saturated heterocycles. The van der Waals surface area contributed by atoms with Gasteiger partial charge >= 0.3 is 0 Å². The first-order valence-electron chi connectivity index (χ1n) is 1.85. The zero-order chi connectivity index (χ0) is 5.11. The highest BCUT2D eigenvalue weighted by molar-refractivity contribution is 7.77. The van der Waals surface area contributed by atoms with Gasteiger partial charge in [-0.1, -0.05) is 12.8 Å². The second-order valence-electron chi connectivity index (χ2n) is 1.09. The average Bonchev–Trinajstić information content (AvgIpc) is 1.69. The van der Waals surface area contributed by atoms with E-state index in [0.29, 0.717) is 0 Å². The van der Waals surface area contributed by atoms with Crippen molar-refractivity contribution in [2.24, 2.45) is 0 Å². The van der Waals surface area contributed by atoms with Gasteiger partial charge in [0.05, 0.1) is 12.4 Å². The Morgan fingerprint density at radius 2 is 1.86 bits per heavy atom. The van der Waals surface area contributed by atoms with Crippen LogP contribution in [0.5, 0.6) is 0 Å². The maximum absolute atomic E-state index is 4.69. The molecule has 7 heavy (non-hydrogen) atoms. The molecule has 0 aliphatic carbocycles. The molecule has 0 aromatic heterocycles. The monoisotopic (exact) mass is 115 g/mol. The fourth-order valence-electron chi connectivity index (χ4n) is 0.290. The van der Waals surface area contributed by atoms with Crippen molar-refractivity contribution in [3.05, 3.63) is 24.9 Å². The van der Waals surface area contributed by atoms with Gasteiger partial charge in [0.25, 0.3) is 0 Å². The Labute approximate surface area is 47.6 Å². The third-order valence-electron chi connectivity index (χ3n) is 0.584. The largest absolute Gasteiger partial charge is 0.470 e. The van der Waals surface area contributed by atoms with E-state index in [0.717, 1.165) is 0 Å². The molecule has 1 heterocycles. The van der Waals surface area contributed by atoms with Crippen LogP contribution in [0.1, 0.15) is 0 Å². The van der Waals surface area contributed by atoms with Gasteiger partial charge in [0.15, 0.2) is 0 Å². The van der Waals surface area contributed by atoms with E-state index in [1.54, 1.807) is 29.2 Å². The zero-order valence-electron chi connectivity index (χ0n) is 3.61. The molecule has 1 rings (SSSR count). The van der Waals surface area contributed by atoms with Gasteiger partial charge < -0.3 is 4.74 Å². The summed E-state index contributed by atoms with van der Waals surface area (Å²) in [6.07, 6.45) is 6.49. The van der Waals surface area contributed by atoms with E-state index in [-0.39, 0.29) is 0 Å². The van der Waals surface area contributed by atoms with Crippen molar-refractivity contribution in [2.45, 2.75) is 0 Å². The van der Waals surface area contributed by atoms with Crippen LogP contribution in [0.4, 0.5) is 0 Å². The van der Waals surface area contributed by atoms with Crippen LogP contribution in [0.15, 0.2) is 24.9 Å². The van der Waals surface area contributed by atoms with E-state index in [2.05, 4.69) is 17.6 Å². The van der Waals surface area contributed by atoms with Crippen LogP contribution in [0.2, 0.25) is 0 Å². The van der Waals surface area contributed by atoms with Crippen molar-refractivity contribution >= 4 is 12.8 Å².